The zero-order valence-corrected chi connectivity index (χ0v) is 28.0. The van der Waals surface area contributed by atoms with Crippen molar-refractivity contribution in [2.45, 2.75) is 57.8 Å². The molecule has 3 unspecified atom stereocenters. The molecule has 2 aliphatic rings. The van der Waals surface area contributed by atoms with Crippen molar-refractivity contribution in [1.82, 2.24) is 20.4 Å². The van der Waals surface area contributed by atoms with Gasteiger partial charge in [-0.05, 0) is 72.4 Å². The number of carboxylic acids is 1. The summed E-state index contributed by atoms with van der Waals surface area (Å²) in [6, 6.07) is 18.5. The Labute approximate surface area is 284 Å². The van der Waals surface area contributed by atoms with Crippen LogP contribution in [-0.2, 0) is 26.5 Å². The third-order valence-electron chi connectivity index (χ3n) is 8.53. The number of carboxylic acid groups (broad SMARTS) is 1. The first-order valence-corrected chi connectivity index (χ1v) is 16.0. The number of rotatable bonds is 12. The Bertz CT molecular complexity index is 1700. The molecule has 48 heavy (non-hydrogen) atoms. The Morgan fingerprint density at radius 3 is 2.33 bits per heavy atom. The van der Waals surface area contributed by atoms with E-state index >= 15 is 0 Å². The molecule has 0 saturated carbocycles. The van der Waals surface area contributed by atoms with E-state index < -0.39 is 47.9 Å². The zero-order valence-electron chi connectivity index (χ0n) is 27.2. The Balaban J connectivity index is 1.49. The number of benzene rings is 3. The van der Waals surface area contributed by atoms with E-state index in [-0.39, 0.29) is 25.7 Å². The van der Waals surface area contributed by atoms with Gasteiger partial charge in [-0.25, -0.2) is 9.69 Å². The van der Waals surface area contributed by atoms with E-state index in [0.717, 1.165) is 16.2 Å². The lowest BCUT2D eigenvalue weighted by atomic mass is 9.89. The van der Waals surface area contributed by atoms with Gasteiger partial charge in [0.05, 0.1) is 12.5 Å². The molecule has 3 aromatic rings. The Hall–Kier alpha value is -5.17. The molecule has 2 heterocycles. The molecule has 13 heteroatoms. The number of anilines is 1. The quantitative estimate of drug-likeness (QED) is 0.157. The van der Waals surface area contributed by atoms with Crippen LogP contribution >= 0.6 is 12.2 Å². The molecule has 3 aromatic carbocycles. The highest BCUT2D eigenvalue weighted by Gasteiger charge is 2.58. The molecule has 12 nitrogen and oxygen atoms in total. The fourth-order valence-corrected chi connectivity index (χ4v) is 6.09. The largest absolute Gasteiger partial charge is 0.481 e. The molecule has 4 N–H and O–H groups in total. The first-order chi connectivity index (χ1) is 22.9. The normalized spacial score (nSPS) is 18.1. The monoisotopic (exact) mass is 673 g/mol. The van der Waals surface area contributed by atoms with E-state index in [1.54, 1.807) is 56.4 Å². The first kappa shape index (κ1) is 34.2. The van der Waals surface area contributed by atoms with Gasteiger partial charge in [-0.3, -0.25) is 14.4 Å². The second kappa shape index (κ2) is 14.3. The SMILES string of the molecule is CNC(=S)Nc1ccc(CN2C(=O)N(C(CC(C)C)C(=O)NC(CC(=O)O)c3ccc4c(c3)OCO4)C(=O)C2(C)c2ccccc2)cc1. The van der Waals surface area contributed by atoms with Crippen LogP contribution in [0, 0.1) is 5.92 Å². The van der Waals surface area contributed by atoms with Gasteiger partial charge >= 0.3 is 12.0 Å². The second-order valence-electron chi connectivity index (χ2n) is 12.3. The van der Waals surface area contributed by atoms with Crippen molar-refractivity contribution in [2.75, 3.05) is 19.2 Å². The minimum Gasteiger partial charge on any atom is -0.481 e. The van der Waals surface area contributed by atoms with Crippen molar-refractivity contribution in [2.24, 2.45) is 5.92 Å². The van der Waals surface area contributed by atoms with Crippen LogP contribution in [0.3, 0.4) is 0 Å². The lowest BCUT2D eigenvalue weighted by Crippen LogP contribution is -2.52. The van der Waals surface area contributed by atoms with Gasteiger partial charge in [-0.1, -0.05) is 62.4 Å². The van der Waals surface area contributed by atoms with Crippen LogP contribution in [0.2, 0.25) is 0 Å². The number of ether oxygens (including phenoxy) is 2. The number of urea groups is 1. The third kappa shape index (κ3) is 7.05. The van der Waals surface area contributed by atoms with E-state index in [1.807, 2.05) is 44.2 Å². The molecule has 2 aliphatic heterocycles. The maximum atomic E-state index is 14.6. The van der Waals surface area contributed by atoms with Crippen LogP contribution in [0.1, 0.15) is 56.3 Å². The topological polar surface area (TPSA) is 150 Å². The van der Waals surface area contributed by atoms with Crippen LogP contribution in [0.4, 0.5) is 10.5 Å². The Morgan fingerprint density at radius 1 is 1.00 bits per heavy atom. The molecular formula is C35H39N5O7S. The molecule has 0 radical (unpaired) electrons. The van der Waals surface area contributed by atoms with Gasteiger partial charge in [0.25, 0.3) is 5.91 Å². The second-order valence-corrected chi connectivity index (χ2v) is 12.7. The number of carbonyl (C=O) groups excluding carboxylic acids is 3. The standard InChI is InChI=1S/C35H39N5O7S/c1-21(2)16-27(31(43)38-26(18-30(41)42)23-12-15-28-29(17-23)47-20-46-28)40-32(44)35(3,24-8-6-5-7-9-24)39(34(40)45)19-22-10-13-25(14-11-22)37-33(48)36-4/h5-15,17,21,26-27H,16,18-20H2,1-4H3,(H,38,43)(H,41,42)(H2,36,37,48). The summed E-state index contributed by atoms with van der Waals surface area (Å²) >= 11 is 5.19. The summed E-state index contributed by atoms with van der Waals surface area (Å²) < 4.78 is 10.8. The van der Waals surface area contributed by atoms with Gasteiger partial charge in [0.15, 0.2) is 16.6 Å². The summed E-state index contributed by atoms with van der Waals surface area (Å²) in [4.78, 5) is 57.6. The Kier molecular flexibility index (Phi) is 10.2. The van der Waals surface area contributed by atoms with Gasteiger partial charge in [0.2, 0.25) is 12.7 Å². The summed E-state index contributed by atoms with van der Waals surface area (Å²) in [5.74, 6) is -1.46. The molecule has 5 rings (SSSR count). The smallest absolute Gasteiger partial charge is 0.329 e. The minimum absolute atomic E-state index is 0.0342. The average molecular weight is 674 g/mol. The lowest BCUT2D eigenvalue weighted by Gasteiger charge is -2.32. The third-order valence-corrected chi connectivity index (χ3v) is 8.84. The predicted octanol–water partition coefficient (Wildman–Crippen LogP) is 4.76. The molecular weight excluding hydrogens is 634 g/mol. The number of hydrogen-bond donors (Lipinski definition) is 4. The Morgan fingerprint density at radius 2 is 1.69 bits per heavy atom. The van der Waals surface area contributed by atoms with Gasteiger partial charge < -0.3 is 35.4 Å². The first-order valence-electron chi connectivity index (χ1n) is 15.6. The van der Waals surface area contributed by atoms with Gasteiger partial charge in [-0.15, -0.1) is 0 Å². The summed E-state index contributed by atoms with van der Waals surface area (Å²) in [6.45, 7) is 5.58. The molecule has 252 valence electrons. The summed E-state index contributed by atoms with van der Waals surface area (Å²) in [7, 11) is 1.71. The van der Waals surface area contributed by atoms with Crippen molar-refractivity contribution in [3.05, 3.63) is 89.5 Å². The maximum Gasteiger partial charge on any atom is 0.329 e. The number of nitrogens with one attached hydrogen (secondary N) is 3. The van der Waals surface area contributed by atoms with Crippen molar-refractivity contribution < 1.29 is 33.8 Å². The minimum atomic E-state index is -1.43. The highest BCUT2D eigenvalue weighted by molar-refractivity contribution is 7.80. The molecule has 3 atom stereocenters. The number of hydrogen-bond acceptors (Lipinski definition) is 7. The van der Waals surface area contributed by atoms with E-state index in [4.69, 9.17) is 21.7 Å². The fraction of sp³-hybridized carbons (Fsp3) is 0.343. The van der Waals surface area contributed by atoms with Crippen molar-refractivity contribution in [3.63, 3.8) is 0 Å². The molecule has 0 aliphatic carbocycles. The van der Waals surface area contributed by atoms with Crippen molar-refractivity contribution in [1.29, 1.82) is 0 Å². The van der Waals surface area contributed by atoms with Crippen molar-refractivity contribution >= 4 is 46.8 Å². The molecule has 0 aromatic heterocycles. The summed E-state index contributed by atoms with van der Waals surface area (Å²) in [5, 5.41) is 18.9. The number of amides is 4. The average Bonchev–Trinajstić information content (AvgIpc) is 3.61. The van der Waals surface area contributed by atoms with Gasteiger partial charge in [0.1, 0.15) is 11.6 Å². The molecule has 0 bridgehead atoms. The lowest BCUT2D eigenvalue weighted by molar-refractivity contribution is -0.141. The van der Waals surface area contributed by atoms with Crippen LogP contribution in [0.25, 0.3) is 0 Å². The molecule has 0 spiro atoms. The fourth-order valence-electron chi connectivity index (χ4n) is 5.97. The van der Waals surface area contributed by atoms with Gasteiger partial charge in [0, 0.05) is 19.3 Å². The summed E-state index contributed by atoms with van der Waals surface area (Å²) in [6.07, 6.45) is -0.270. The van der Waals surface area contributed by atoms with E-state index in [2.05, 4.69) is 16.0 Å². The number of nitrogens with zero attached hydrogens (tertiary/aromatic N) is 2. The number of thiocarbonyl (C=S) groups is 1. The molecule has 1 saturated heterocycles. The highest BCUT2D eigenvalue weighted by atomic mass is 32.1. The van der Waals surface area contributed by atoms with E-state index in [0.29, 0.717) is 27.7 Å². The maximum absolute atomic E-state index is 14.6. The molecule has 1 fully saturated rings. The summed E-state index contributed by atoms with van der Waals surface area (Å²) in [5.41, 5.74) is 1.16. The van der Waals surface area contributed by atoms with E-state index in [9.17, 15) is 24.3 Å². The van der Waals surface area contributed by atoms with Crippen molar-refractivity contribution in [3.8, 4) is 11.5 Å². The molecule has 4 amide bonds. The van der Waals surface area contributed by atoms with Crippen LogP contribution in [-0.4, -0.2) is 63.7 Å². The zero-order chi connectivity index (χ0) is 34.6. The highest BCUT2D eigenvalue weighted by Crippen LogP contribution is 2.41. The van der Waals surface area contributed by atoms with Gasteiger partial charge in [-0.2, -0.15) is 0 Å². The predicted molar refractivity (Wildman–Crippen MR) is 182 cm³/mol. The number of fused-ring (bicyclic) bond motifs is 1. The van der Waals surface area contributed by atoms with Crippen LogP contribution in [0.15, 0.2) is 72.8 Å². The number of carbonyl (C=O) groups is 4. The van der Waals surface area contributed by atoms with Crippen LogP contribution < -0.4 is 25.4 Å². The van der Waals surface area contributed by atoms with Crippen LogP contribution in [0.5, 0.6) is 11.5 Å². The number of aliphatic carboxylic acids is 1. The van der Waals surface area contributed by atoms with E-state index in [1.165, 1.54) is 4.90 Å². The number of imide groups is 1.